The molecule has 3 rings (SSSR count). The molecule has 0 aliphatic carbocycles. The number of carbonyl (C=O) groups excluding carboxylic acids is 1. The van der Waals surface area contributed by atoms with Crippen molar-refractivity contribution < 1.29 is 18.4 Å². The molecule has 9 heteroatoms. The number of carbonyl (C=O) groups is 1. The lowest BCUT2D eigenvalue weighted by Gasteiger charge is -2.32. The maximum atomic E-state index is 13.3. The van der Waals surface area contributed by atoms with Crippen molar-refractivity contribution in [3.05, 3.63) is 36.0 Å². The van der Waals surface area contributed by atoms with Gasteiger partial charge in [0.15, 0.2) is 0 Å². The Balaban J connectivity index is 0.00000225. The lowest BCUT2D eigenvalue weighted by atomic mass is 9.90. The van der Waals surface area contributed by atoms with Gasteiger partial charge in [-0.3, -0.25) is 4.79 Å². The Morgan fingerprint density at radius 3 is 2.80 bits per heavy atom. The van der Waals surface area contributed by atoms with E-state index in [2.05, 4.69) is 15.5 Å². The lowest BCUT2D eigenvalue weighted by molar-refractivity contribution is -0.130. The zero-order valence-electron chi connectivity index (χ0n) is 13.7. The molecule has 0 radical (unpaired) electrons. The average molecular weight is 371 g/mol. The Morgan fingerprint density at radius 1 is 1.40 bits per heavy atom. The fourth-order valence-corrected chi connectivity index (χ4v) is 2.52. The van der Waals surface area contributed by atoms with E-state index in [4.69, 9.17) is 15.0 Å². The molecule has 0 saturated carbocycles. The third-order valence-electron chi connectivity index (χ3n) is 4.08. The van der Waals surface area contributed by atoms with E-state index in [9.17, 15) is 9.18 Å². The topological polar surface area (TPSA) is 103 Å². The van der Waals surface area contributed by atoms with Crippen LogP contribution in [-0.2, 0) is 9.53 Å². The van der Waals surface area contributed by atoms with Crippen molar-refractivity contribution in [3.63, 3.8) is 0 Å². The van der Waals surface area contributed by atoms with Gasteiger partial charge < -0.3 is 20.3 Å². The van der Waals surface area contributed by atoms with Gasteiger partial charge in [0.1, 0.15) is 11.9 Å². The highest BCUT2D eigenvalue weighted by molar-refractivity contribution is 5.86. The Kier molecular flexibility index (Phi) is 6.10. The monoisotopic (exact) mass is 370 g/mol. The zero-order valence-corrected chi connectivity index (χ0v) is 14.5. The normalized spacial score (nSPS) is 17.4. The fourth-order valence-electron chi connectivity index (χ4n) is 2.52. The summed E-state index contributed by atoms with van der Waals surface area (Å²) in [5.74, 6) is -0.161. The Bertz CT molecular complexity index is 734. The molecule has 1 fully saturated rings. The van der Waals surface area contributed by atoms with Gasteiger partial charge in [0.25, 0.3) is 0 Å². The highest BCUT2D eigenvalue weighted by Gasteiger charge is 2.37. The predicted molar refractivity (Wildman–Crippen MR) is 90.5 cm³/mol. The first kappa shape index (κ1) is 19.3. The minimum absolute atomic E-state index is 0. The summed E-state index contributed by atoms with van der Waals surface area (Å²) in [6.45, 7) is 2.65. The Hall–Kier alpha value is -2.03. The maximum absolute atomic E-state index is 13.3. The van der Waals surface area contributed by atoms with E-state index in [0.29, 0.717) is 31.6 Å². The second-order valence-corrected chi connectivity index (χ2v) is 5.93. The van der Waals surface area contributed by atoms with Gasteiger partial charge >= 0.3 is 0 Å². The number of rotatable bonds is 4. The highest BCUT2D eigenvalue weighted by atomic mass is 35.5. The minimum Gasteiger partial charge on any atom is -0.381 e. The van der Waals surface area contributed by atoms with Crippen LogP contribution in [0, 0.1) is 5.82 Å². The van der Waals surface area contributed by atoms with Gasteiger partial charge in [0, 0.05) is 18.8 Å². The van der Waals surface area contributed by atoms with Gasteiger partial charge in [0.2, 0.25) is 17.6 Å². The van der Waals surface area contributed by atoms with Crippen LogP contribution in [0.1, 0.15) is 31.7 Å². The molecule has 1 aromatic carbocycles. The van der Waals surface area contributed by atoms with Crippen molar-refractivity contribution in [1.82, 2.24) is 15.5 Å². The Labute approximate surface area is 150 Å². The van der Waals surface area contributed by atoms with E-state index in [1.54, 1.807) is 19.1 Å². The Morgan fingerprint density at radius 2 is 2.12 bits per heavy atom. The van der Waals surface area contributed by atoms with Gasteiger partial charge in [-0.05, 0) is 31.9 Å². The SMILES string of the molecule is CC(NC(=O)C1(N)CCOCC1)c1nc(-c2cccc(F)c2)no1.Cl. The number of hydrogen-bond acceptors (Lipinski definition) is 6. The fraction of sp³-hybridized carbons (Fsp3) is 0.438. The number of nitrogens with two attached hydrogens (primary N) is 1. The molecule has 136 valence electrons. The number of ether oxygens (including phenoxy) is 1. The summed E-state index contributed by atoms with van der Waals surface area (Å²) in [5.41, 5.74) is 5.70. The summed E-state index contributed by atoms with van der Waals surface area (Å²) in [7, 11) is 0. The first-order valence-electron chi connectivity index (χ1n) is 7.75. The van der Waals surface area contributed by atoms with E-state index in [1.165, 1.54) is 12.1 Å². The average Bonchev–Trinajstić information content (AvgIpc) is 3.05. The summed E-state index contributed by atoms with van der Waals surface area (Å²) >= 11 is 0. The van der Waals surface area contributed by atoms with Crippen LogP contribution >= 0.6 is 12.4 Å². The molecule has 1 aromatic heterocycles. The molecule has 1 aliphatic heterocycles. The molecule has 1 amide bonds. The van der Waals surface area contributed by atoms with Crippen molar-refractivity contribution in [1.29, 1.82) is 0 Å². The molecular formula is C16H20ClFN4O3. The van der Waals surface area contributed by atoms with Crippen molar-refractivity contribution in [2.24, 2.45) is 5.73 Å². The summed E-state index contributed by atoms with van der Waals surface area (Å²) in [5, 5.41) is 6.62. The molecule has 2 heterocycles. The molecule has 1 atom stereocenters. The van der Waals surface area contributed by atoms with Crippen molar-refractivity contribution >= 4 is 18.3 Å². The van der Waals surface area contributed by atoms with Crippen LogP contribution in [0.5, 0.6) is 0 Å². The highest BCUT2D eigenvalue weighted by Crippen LogP contribution is 2.22. The molecule has 1 aliphatic rings. The molecule has 3 N–H and O–H groups in total. The van der Waals surface area contributed by atoms with Gasteiger partial charge in [-0.25, -0.2) is 4.39 Å². The van der Waals surface area contributed by atoms with Crippen LogP contribution in [0.25, 0.3) is 11.4 Å². The maximum Gasteiger partial charge on any atom is 0.249 e. The van der Waals surface area contributed by atoms with E-state index in [1.807, 2.05) is 0 Å². The van der Waals surface area contributed by atoms with E-state index >= 15 is 0 Å². The number of halogens is 2. The zero-order chi connectivity index (χ0) is 17.2. The third kappa shape index (κ3) is 4.33. The molecule has 0 spiro atoms. The predicted octanol–water partition coefficient (Wildman–Crippen LogP) is 1.98. The van der Waals surface area contributed by atoms with Gasteiger partial charge in [-0.15, -0.1) is 12.4 Å². The van der Waals surface area contributed by atoms with Crippen LogP contribution in [0.3, 0.4) is 0 Å². The summed E-state index contributed by atoms with van der Waals surface area (Å²) in [6, 6.07) is 5.39. The van der Waals surface area contributed by atoms with E-state index in [0.717, 1.165) is 0 Å². The standard InChI is InChI=1S/C16H19FN4O3.ClH/c1-10(19-15(22)16(18)5-7-23-8-6-16)14-20-13(21-24-14)11-3-2-4-12(17)9-11;/h2-4,9-10H,5-8,18H2,1H3,(H,19,22);1H. The molecule has 0 bridgehead atoms. The van der Waals surface area contributed by atoms with Crippen LogP contribution in [0.2, 0.25) is 0 Å². The van der Waals surface area contributed by atoms with Gasteiger partial charge in [-0.1, -0.05) is 17.3 Å². The van der Waals surface area contributed by atoms with Crippen LogP contribution in [0.4, 0.5) is 4.39 Å². The van der Waals surface area contributed by atoms with Crippen molar-refractivity contribution in [2.45, 2.75) is 31.3 Å². The lowest BCUT2D eigenvalue weighted by Crippen LogP contribution is -2.57. The summed E-state index contributed by atoms with van der Waals surface area (Å²) in [6.07, 6.45) is 0.924. The molecule has 1 unspecified atom stereocenters. The molecular weight excluding hydrogens is 351 g/mol. The molecule has 7 nitrogen and oxygen atoms in total. The van der Waals surface area contributed by atoms with Crippen molar-refractivity contribution in [3.8, 4) is 11.4 Å². The number of hydrogen-bond donors (Lipinski definition) is 2. The van der Waals surface area contributed by atoms with Crippen molar-refractivity contribution in [2.75, 3.05) is 13.2 Å². The first-order chi connectivity index (χ1) is 11.5. The number of nitrogens with zero attached hydrogens (tertiary/aromatic N) is 2. The number of amides is 1. The van der Waals surface area contributed by atoms with E-state index in [-0.39, 0.29) is 35.8 Å². The first-order valence-corrected chi connectivity index (χ1v) is 7.75. The third-order valence-corrected chi connectivity index (χ3v) is 4.08. The number of nitrogens with one attached hydrogen (secondary N) is 1. The van der Waals surface area contributed by atoms with Crippen LogP contribution < -0.4 is 11.1 Å². The molecule has 1 saturated heterocycles. The second-order valence-electron chi connectivity index (χ2n) is 5.93. The molecule has 25 heavy (non-hydrogen) atoms. The number of aromatic nitrogens is 2. The van der Waals surface area contributed by atoms with Gasteiger partial charge in [-0.2, -0.15) is 4.98 Å². The van der Waals surface area contributed by atoms with E-state index < -0.39 is 11.6 Å². The van der Waals surface area contributed by atoms with Gasteiger partial charge in [0.05, 0.1) is 5.54 Å². The quantitative estimate of drug-likeness (QED) is 0.853. The number of benzene rings is 1. The minimum atomic E-state index is -0.947. The largest absolute Gasteiger partial charge is 0.381 e. The summed E-state index contributed by atoms with van der Waals surface area (Å²) in [4.78, 5) is 16.6. The smallest absolute Gasteiger partial charge is 0.249 e. The molecule has 2 aromatic rings. The second kappa shape index (κ2) is 7.90. The summed E-state index contributed by atoms with van der Waals surface area (Å²) < 4.78 is 23.7. The van der Waals surface area contributed by atoms with Crippen LogP contribution in [0.15, 0.2) is 28.8 Å². The van der Waals surface area contributed by atoms with Crippen LogP contribution in [-0.4, -0.2) is 34.8 Å².